The van der Waals surface area contributed by atoms with E-state index in [1.54, 1.807) is 0 Å². The molecule has 0 saturated carbocycles. The summed E-state index contributed by atoms with van der Waals surface area (Å²) in [6.07, 6.45) is 0.979. The second-order valence-electron chi connectivity index (χ2n) is 1.28. The Labute approximate surface area is 50.5 Å². The Hall–Kier alpha value is -0.910. The molecule has 0 aliphatic rings. The van der Waals surface area contributed by atoms with E-state index in [1.165, 1.54) is 0 Å². The van der Waals surface area contributed by atoms with Gasteiger partial charge < -0.3 is 4.52 Å². The highest BCUT2D eigenvalue weighted by Crippen LogP contribution is 2.06. The number of halogens is 1. The van der Waals surface area contributed by atoms with Crippen LogP contribution >= 0.6 is 0 Å². The molecule has 6 heteroatoms. The Morgan fingerprint density at radius 3 is 2.56 bits per heavy atom. The molecule has 0 radical (unpaired) electrons. The Morgan fingerprint density at radius 2 is 2.33 bits per heavy atom. The van der Waals surface area contributed by atoms with Gasteiger partial charge in [-0.1, -0.05) is 9.04 Å². The molecular formula is C3H2FNO3S. The van der Waals surface area contributed by atoms with Crippen LogP contribution in [0.25, 0.3) is 0 Å². The van der Waals surface area contributed by atoms with E-state index < -0.39 is 15.2 Å². The zero-order valence-electron chi connectivity index (χ0n) is 4.11. The van der Waals surface area contributed by atoms with Gasteiger partial charge in [-0.2, -0.15) is 8.42 Å². The second kappa shape index (κ2) is 1.80. The quantitative estimate of drug-likeness (QED) is 0.543. The third-order valence-corrected chi connectivity index (χ3v) is 1.37. The van der Waals surface area contributed by atoms with Crippen molar-refractivity contribution < 1.29 is 16.8 Å². The molecule has 0 spiro atoms. The summed E-state index contributed by atoms with van der Waals surface area (Å²) in [6.45, 7) is 0. The first-order valence-corrected chi connectivity index (χ1v) is 3.34. The molecule has 1 heterocycles. The highest BCUT2D eigenvalue weighted by Gasteiger charge is 2.14. The van der Waals surface area contributed by atoms with Gasteiger partial charge in [0.05, 0.1) is 0 Å². The lowest BCUT2D eigenvalue weighted by atomic mass is 10.8. The summed E-state index contributed by atoms with van der Waals surface area (Å²) >= 11 is 0. The minimum absolute atomic E-state index is 0.692. The molecule has 50 valence electrons. The normalized spacial score (nSPS) is 11.7. The van der Waals surface area contributed by atoms with Crippen LogP contribution in [0.2, 0.25) is 0 Å². The SMILES string of the molecule is O=S(=O)(F)c1ccon1. The molecule has 4 nitrogen and oxygen atoms in total. The average molecular weight is 151 g/mol. The maximum atomic E-state index is 11.8. The minimum Gasteiger partial charge on any atom is -0.363 e. The zero-order valence-corrected chi connectivity index (χ0v) is 4.93. The van der Waals surface area contributed by atoms with Crippen molar-refractivity contribution in [2.75, 3.05) is 0 Å². The first kappa shape index (κ1) is 6.21. The number of aromatic nitrogens is 1. The maximum Gasteiger partial charge on any atom is 0.353 e. The first-order valence-electron chi connectivity index (χ1n) is 1.96. The molecular weight excluding hydrogens is 149 g/mol. The van der Waals surface area contributed by atoms with Gasteiger partial charge in [0.1, 0.15) is 6.26 Å². The van der Waals surface area contributed by atoms with Crippen molar-refractivity contribution in [2.24, 2.45) is 0 Å². The molecule has 0 aliphatic heterocycles. The van der Waals surface area contributed by atoms with Crippen LogP contribution < -0.4 is 0 Å². The van der Waals surface area contributed by atoms with E-state index in [9.17, 15) is 12.3 Å². The average Bonchev–Trinajstić information content (AvgIpc) is 2.08. The van der Waals surface area contributed by atoms with Crippen LogP contribution in [0.3, 0.4) is 0 Å². The summed E-state index contributed by atoms with van der Waals surface area (Å²) in [7, 11) is -4.66. The molecule has 1 rings (SSSR count). The van der Waals surface area contributed by atoms with Crippen molar-refractivity contribution in [3.05, 3.63) is 12.3 Å². The lowest BCUT2D eigenvalue weighted by molar-refractivity contribution is 0.398. The summed E-state index contributed by atoms with van der Waals surface area (Å²) in [6, 6.07) is 0.926. The number of nitrogens with zero attached hydrogens (tertiary/aromatic N) is 1. The van der Waals surface area contributed by atoms with E-state index in [1.807, 2.05) is 0 Å². The van der Waals surface area contributed by atoms with Crippen molar-refractivity contribution in [3.63, 3.8) is 0 Å². The van der Waals surface area contributed by atoms with Crippen molar-refractivity contribution in [1.29, 1.82) is 0 Å². The van der Waals surface area contributed by atoms with E-state index in [0.717, 1.165) is 12.3 Å². The van der Waals surface area contributed by atoms with Gasteiger partial charge in [-0.3, -0.25) is 0 Å². The highest BCUT2D eigenvalue weighted by atomic mass is 32.3. The molecule has 0 saturated heterocycles. The number of rotatable bonds is 1. The molecule has 1 aromatic heterocycles. The van der Waals surface area contributed by atoms with Gasteiger partial charge >= 0.3 is 10.2 Å². The predicted octanol–water partition coefficient (Wildman–Crippen LogP) is 0.333. The molecule has 0 amide bonds. The van der Waals surface area contributed by atoms with E-state index in [2.05, 4.69) is 9.68 Å². The lowest BCUT2D eigenvalue weighted by Crippen LogP contribution is -1.89. The fourth-order valence-corrected chi connectivity index (χ4v) is 0.677. The van der Waals surface area contributed by atoms with E-state index in [4.69, 9.17) is 0 Å². The topological polar surface area (TPSA) is 60.2 Å². The van der Waals surface area contributed by atoms with Gasteiger partial charge in [0.15, 0.2) is 0 Å². The molecule has 0 N–H and O–H groups in total. The van der Waals surface area contributed by atoms with Crippen molar-refractivity contribution in [1.82, 2.24) is 5.16 Å². The molecule has 0 atom stereocenters. The molecule has 0 unspecified atom stereocenters. The fourth-order valence-electron chi connectivity index (χ4n) is 0.327. The molecule has 0 aromatic carbocycles. The fraction of sp³-hybridized carbons (Fsp3) is 0. The van der Waals surface area contributed by atoms with Crippen molar-refractivity contribution >= 4 is 10.2 Å². The Balaban J connectivity index is 3.20. The summed E-state index contributed by atoms with van der Waals surface area (Å²) in [5, 5.41) is 2.16. The standard InChI is InChI=1S/C3H2FNO3S/c4-9(6,7)3-1-2-8-5-3/h1-2H. The first-order chi connectivity index (χ1) is 4.11. The van der Waals surface area contributed by atoms with Crippen LogP contribution in [0.1, 0.15) is 0 Å². The zero-order chi connectivity index (χ0) is 6.91. The van der Waals surface area contributed by atoms with Crippen LogP contribution in [0.5, 0.6) is 0 Å². The van der Waals surface area contributed by atoms with Gasteiger partial charge in [-0.25, -0.2) is 0 Å². The van der Waals surface area contributed by atoms with Crippen LogP contribution in [-0.4, -0.2) is 13.6 Å². The van der Waals surface area contributed by atoms with Gasteiger partial charge in [-0.15, -0.1) is 0 Å². The van der Waals surface area contributed by atoms with Crippen LogP contribution in [0.15, 0.2) is 21.9 Å². The lowest BCUT2D eigenvalue weighted by Gasteiger charge is -1.78. The number of hydrogen-bond acceptors (Lipinski definition) is 4. The Morgan fingerprint density at radius 1 is 1.67 bits per heavy atom. The van der Waals surface area contributed by atoms with Gasteiger partial charge in [0.25, 0.3) is 0 Å². The molecule has 9 heavy (non-hydrogen) atoms. The Kier molecular flexibility index (Phi) is 1.24. The summed E-state index contributed by atoms with van der Waals surface area (Å²) in [4.78, 5) is 0. The third-order valence-electron chi connectivity index (χ3n) is 0.664. The van der Waals surface area contributed by atoms with Crippen molar-refractivity contribution in [2.45, 2.75) is 5.03 Å². The van der Waals surface area contributed by atoms with Gasteiger partial charge in [-0.05, 0) is 0 Å². The summed E-state index contributed by atoms with van der Waals surface area (Å²) in [5.41, 5.74) is 0. The second-order valence-corrected chi connectivity index (χ2v) is 2.57. The predicted molar refractivity (Wildman–Crippen MR) is 24.8 cm³/mol. The largest absolute Gasteiger partial charge is 0.363 e. The van der Waals surface area contributed by atoms with Crippen LogP contribution in [0, 0.1) is 0 Å². The summed E-state index contributed by atoms with van der Waals surface area (Å²) in [5.74, 6) is 0. The van der Waals surface area contributed by atoms with E-state index in [0.29, 0.717) is 0 Å². The third kappa shape index (κ3) is 1.26. The molecule has 0 aliphatic carbocycles. The molecule has 0 bridgehead atoms. The van der Waals surface area contributed by atoms with Gasteiger partial charge in [0.2, 0.25) is 5.03 Å². The van der Waals surface area contributed by atoms with Crippen LogP contribution in [-0.2, 0) is 10.2 Å². The minimum atomic E-state index is -4.66. The smallest absolute Gasteiger partial charge is 0.353 e. The summed E-state index contributed by atoms with van der Waals surface area (Å²) < 4.78 is 35.7. The van der Waals surface area contributed by atoms with Gasteiger partial charge in [0, 0.05) is 6.07 Å². The Bertz CT molecular complexity index is 276. The van der Waals surface area contributed by atoms with E-state index >= 15 is 0 Å². The molecule has 1 aromatic rings. The molecule has 0 fully saturated rings. The van der Waals surface area contributed by atoms with Crippen molar-refractivity contribution in [3.8, 4) is 0 Å². The highest BCUT2D eigenvalue weighted by molar-refractivity contribution is 7.86. The van der Waals surface area contributed by atoms with E-state index in [-0.39, 0.29) is 0 Å². The van der Waals surface area contributed by atoms with Crippen LogP contribution in [0.4, 0.5) is 3.89 Å². The monoisotopic (exact) mass is 151 g/mol. The number of hydrogen-bond donors (Lipinski definition) is 0. The maximum absolute atomic E-state index is 11.8.